The number of aromatic hydroxyl groups is 1. The first kappa shape index (κ1) is 9.39. The average Bonchev–Trinajstić information content (AvgIpc) is 2.09. The van der Waals surface area contributed by atoms with Gasteiger partial charge in [-0.2, -0.15) is 0 Å². The molecular weight excluding hydrogens is 175 g/mol. The summed E-state index contributed by atoms with van der Waals surface area (Å²) >= 11 is 1.48. The topological polar surface area (TPSA) is 20.2 Å². The number of alkyl halides is 1. The first-order valence-electron chi connectivity index (χ1n) is 3.81. The molecule has 0 saturated heterocycles. The number of para-hydroxylation sites is 1. The van der Waals surface area contributed by atoms with Crippen LogP contribution in [0.1, 0.15) is 6.42 Å². The zero-order chi connectivity index (χ0) is 8.81. The number of benzene rings is 1. The highest BCUT2D eigenvalue weighted by molar-refractivity contribution is 7.99. The fourth-order valence-corrected chi connectivity index (χ4v) is 1.68. The molecular formula is C9H11FOS. The van der Waals surface area contributed by atoms with Gasteiger partial charge in [-0.15, -0.1) is 11.8 Å². The molecule has 1 nitrogen and oxygen atoms in total. The largest absolute Gasteiger partial charge is 0.507 e. The highest BCUT2D eigenvalue weighted by atomic mass is 32.2. The van der Waals surface area contributed by atoms with Gasteiger partial charge >= 0.3 is 0 Å². The van der Waals surface area contributed by atoms with E-state index in [-0.39, 0.29) is 12.4 Å². The van der Waals surface area contributed by atoms with Gasteiger partial charge in [-0.1, -0.05) is 12.1 Å². The molecule has 0 heterocycles. The Morgan fingerprint density at radius 3 is 2.75 bits per heavy atom. The monoisotopic (exact) mass is 186 g/mol. The maximum atomic E-state index is 11.7. The summed E-state index contributed by atoms with van der Waals surface area (Å²) < 4.78 is 11.7. The lowest BCUT2D eigenvalue weighted by Crippen LogP contribution is -1.81. The van der Waals surface area contributed by atoms with Crippen LogP contribution in [0.4, 0.5) is 4.39 Å². The van der Waals surface area contributed by atoms with Gasteiger partial charge in [0.2, 0.25) is 0 Å². The molecule has 0 bridgehead atoms. The minimum absolute atomic E-state index is 0.279. The van der Waals surface area contributed by atoms with E-state index in [1.54, 1.807) is 12.1 Å². The van der Waals surface area contributed by atoms with Crippen molar-refractivity contribution in [3.63, 3.8) is 0 Å². The van der Waals surface area contributed by atoms with Crippen molar-refractivity contribution in [1.29, 1.82) is 0 Å². The standard InChI is InChI=1S/C9H11FOS/c10-6-3-7-12-9-5-2-1-4-8(9)11/h1-2,4-5,11H,3,6-7H2. The fraction of sp³-hybridized carbons (Fsp3) is 0.333. The van der Waals surface area contributed by atoms with Gasteiger partial charge < -0.3 is 5.11 Å². The molecule has 1 rings (SSSR count). The summed E-state index contributed by atoms with van der Waals surface area (Å²) in [4.78, 5) is 0.825. The smallest absolute Gasteiger partial charge is 0.129 e. The summed E-state index contributed by atoms with van der Waals surface area (Å²) in [6.45, 7) is -0.291. The molecule has 12 heavy (non-hydrogen) atoms. The quantitative estimate of drug-likeness (QED) is 0.576. The second-order valence-electron chi connectivity index (χ2n) is 2.36. The summed E-state index contributed by atoms with van der Waals surface area (Å²) in [7, 11) is 0. The minimum atomic E-state index is -0.291. The molecule has 0 unspecified atom stereocenters. The molecule has 0 fully saturated rings. The Morgan fingerprint density at radius 2 is 2.08 bits per heavy atom. The number of thioether (sulfide) groups is 1. The first-order valence-corrected chi connectivity index (χ1v) is 4.80. The first-order chi connectivity index (χ1) is 5.84. The lowest BCUT2D eigenvalue weighted by molar-refractivity contribution is 0.462. The van der Waals surface area contributed by atoms with Crippen LogP contribution in [-0.2, 0) is 0 Å². The predicted octanol–water partition coefficient (Wildman–Crippen LogP) is 2.84. The Morgan fingerprint density at radius 1 is 1.33 bits per heavy atom. The molecule has 0 aliphatic heterocycles. The third-order valence-corrected chi connectivity index (χ3v) is 2.55. The molecule has 3 heteroatoms. The summed E-state index contributed by atoms with van der Waals surface area (Å²) in [6, 6.07) is 7.10. The lowest BCUT2D eigenvalue weighted by atomic mass is 10.3. The Bertz CT molecular complexity index is 240. The number of phenols is 1. The van der Waals surface area contributed by atoms with Crippen molar-refractivity contribution in [1.82, 2.24) is 0 Å². The summed E-state index contributed by atoms with van der Waals surface area (Å²) in [5.41, 5.74) is 0. The van der Waals surface area contributed by atoms with Crippen molar-refractivity contribution in [3.05, 3.63) is 24.3 Å². The number of phenolic OH excluding ortho intramolecular Hbond substituents is 1. The summed E-state index contributed by atoms with van der Waals surface area (Å²) in [6.07, 6.45) is 0.541. The maximum Gasteiger partial charge on any atom is 0.129 e. The van der Waals surface area contributed by atoms with Crippen LogP contribution in [0.15, 0.2) is 29.2 Å². The molecule has 1 aromatic carbocycles. The van der Waals surface area contributed by atoms with Crippen LogP contribution in [0.5, 0.6) is 5.75 Å². The number of hydrogen-bond donors (Lipinski definition) is 1. The van der Waals surface area contributed by atoms with E-state index in [2.05, 4.69) is 0 Å². The van der Waals surface area contributed by atoms with E-state index >= 15 is 0 Å². The van der Waals surface area contributed by atoms with Crippen molar-refractivity contribution in [2.45, 2.75) is 11.3 Å². The molecule has 0 atom stereocenters. The Balaban J connectivity index is 2.46. The van der Waals surface area contributed by atoms with Crippen LogP contribution in [0.3, 0.4) is 0 Å². The highest BCUT2D eigenvalue weighted by Crippen LogP contribution is 2.27. The van der Waals surface area contributed by atoms with Crippen molar-refractivity contribution in [3.8, 4) is 5.75 Å². The average molecular weight is 186 g/mol. The minimum Gasteiger partial charge on any atom is -0.507 e. The van der Waals surface area contributed by atoms with Gasteiger partial charge in [0.05, 0.1) is 6.67 Å². The van der Waals surface area contributed by atoms with Gasteiger partial charge in [0.15, 0.2) is 0 Å². The molecule has 0 aliphatic carbocycles. The third-order valence-electron chi connectivity index (χ3n) is 1.40. The lowest BCUT2D eigenvalue weighted by Gasteiger charge is -2.01. The van der Waals surface area contributed by atoms with Crippen molar-refractivity contribution in [2.75, 3.05) is 12.4 Å². The van der Waals surface area contributed by atoms with Gasteiger partial charge in [0, 0.05) is 10.6 Å². The van der Waals surface area contributed by atoms with E-state index in [1.807, 2.05) is 12.1 Å². The zero-order valence-electron chi connectivity index (χ0n) is 6.66. The summed E-state index contributed by atoms with van der Waals surface area (Å²) in [5.74, 6) is 0.995. The predicted molar refractivity (Wildman–Crippen MR) is 49.4 cm³/mol. The molecule has 0 saturated carbocycles. The van der Waals surface area contributed by atoms with Crippen LogP contribution in [0, 0.1) is 0 Å². The Hall–Kier alpha value is -0.700. The molecule has 0 amide bonds. The normalized spacial score (nSPS) is 10.1. The van der Waals surface area contributed by atoms with Gasteiger partial charge in [-0.25, -0.2) is 0 Å². The van der Waals surface area contributed by atoms with Crippen LogP contribution in [-0.4, -0.2) is 17.5 Å². The van der Waals surface area contributed by atoms with E-state index in [4.69, 9.17) is 0 Å². The van der Waals surface area contributed by atoms with Gasteiger partial charge in [-0.3, -0.25) is 4.39 Å². The van der Waals surface area contributed by atoms with E-state index < -0.39 is 0 Å². The number of hydrogen-bond acceptors (Lipinski definition) is 2. The molecule has 0 aromatic heterocycles. The van der Waals surface area contributed by atoms with Gasteiger partial charge in [0.25, 0.3) is 0 Å². The second kappa shape index (κ2) is 5.04. The van der Waals surface area contributed by atoms with E-state index in [0.717, 1.165) is 4.90 Å². The van der Waals surface area contributed by atoms with Crippen LogP contribution in [0.2, 0.25) is 0 Å². The van der Waals surface area contributed by atoms with Crippen LogP contribution >= 0.6 is 11.8 Å². The third kappa shape index (κ3) is 2.74. The number of halogens is 1. The SMILES string of the molecule is Oc1ccccc1SCCCF. The maximum absolute atomic E-state index is 11.7. The highest BCUT2D eigenvalue weighted by Gasteiger charge is 1.98. The van der Waals surface area contributed by atoms with Crippen molar-refractivity contribution >= 4 is 11.8 Å². The Kier molecular flexibility index (Phi) is 3.94. The van der Waals surface area contributed by atoms with Gasteiger partial charge in [0.1, 0.15) is 5.75 Å². The van der Waals surface area contributed by atoms with E-state index in [9.17, 15) is 9.50 Å². The van der Waals surface area contributed by atoms with Crippen LogP contribution < -0.4 is 0 Å². The van der Waals surface area contributed by atoms with Crippen LogP contribution in [0.25, 0.3) is 0 Å². The van der Waals surface area contributed by atoms with E-state index in [0.29, 0.717) is 12.2 Å². The van der Waals surface area contributed by atoms with Crippen molar-refractivity contribution < 1.29 is 9.50 Å². The fourth-order valence-electron chi connectivity index (χ4n) is 0.816. The molecule has 0 spiro atoms. The van der Waals surface area contributed by atoms with E-state index in [1.165, 1.54) is 11.8 Å². The Labute approximate surface area is 75.6 Å². The number of rotatable bonds is 4. The molecule has 0 aliphatic rings. The second-order valence-corrected chi connectivity index (χ2v) is 3.50. The molecule has 1 N–H and O–H groups in total. The van der Waals surface area contributed by atoms with Gasteiger partial charge in [-0.05, 0) is 18.6 Å². The van der Waals surface area contributed by atoms with Crippen molar-refractivity contribution in [2.24, 2.45) is 0 Å². The molecule has 0 radical (unpaired) electrons. The summed E-state index contributed by atoms with van der Waals surface area (Å²) in [5, 5.41) is 9.30. The molecule has 1 aromatic rings. The molecule has 66 valence electrons. The zero-order valence-corrected chi connectivity index (χ0v) is 7.48.